The van der Waals surface area contributed by atoms with Crippen LogP contribution in [-0.2, 0) is 0 Å². The van der Waals surface area contributed by atoms with E-state index in [0.717, 1.165) is 0 Å². The van der Waals surface area contributed by atoms with Crippen molar-refractivity contribution in [3.8, 4) is 0 Å². The summed E-state index contributed by atoms with van der Waals surface area (Å²) in [6.45, 7) is 3.80. The highest BCUT2D eigenvalue weighted by Gasteiger charge is 1.97. The van der Waals surface area contributed by atoms with Gasteiger partial charge in [0.15, 0.2) is 0 Å². The van der Waals surface area contributed by atoms with Crippen molar-refractivity contribution in [3.05, 3.63) is 36.4 Å². The maximum atomic E-state index is 3.80. The van der Waals surface area contributed by atoms with Crippen LogP contribution in [0.25, 0.3) is 6.08 Å². The van der Waals surface area contributed by atoms with Crippen molar-refractivity contribution in [3.63, 3.8) is 0 Å². The van der Waals surface area contributed by atoms with Crippen LogP contribution in [0.1, 0.15) is 5.56 Å². The zero-order valence-electron chi connectivity index (χ0n) is 7.82. The van der Waals surface area contributed by atoms with Crippen LogP contribution in [0, 0.1) is 0 Å². The van der Waals surface area contributed by atoms with Gasteiger partial charge in [0.2, 0.25) is 0 Å². The maximum Gasteiger partial charge on any atom is 0.0144 e. The van der Waals surface area contributed by atoms with E-state index in [1.54, 1.807) is 0 Å². The summed E-state index contributed by atoms with van der Waals surface area (Å²) in [5.74, 6) is 2.38. The zero-order chi connectivity index (χ0) is 9.52. The number of benzene rings is 1. The van der Waals surface area contributed by atoms with Crippen LogP contribution >= 0.6 is 23.5 Å². The quantitative estimate of drug-likeness (QED) is 0.536. The van der Waals surface area contributed by atoms with Crippen molar-refractivity contribution >= 4 is 29.6 Å². The lowest BCUT2D eigenvalue weighted by atomic mass is 10.2. The third-order valence-electron chi connectivity index (χ3n) is 1.68. The Hall–Kier alpha value is -0.340. The first-order valence-electron chi connectivity index (χ1n) is 4.21. The topological polar surface area (TPSA) is 0 Å². The van der Waals surface area contributed by atoms with Gasteiger partial charge in [-0.15, -0.1) is 11.8 Å². The average molecular weight is 210 g/mol. The van der Waals surface area contributed by atoms with Crippen LogP contribution in [0.15, 0.2) is 35.7 Å². The van der Waals surface area contributed by atoms with Crippen LogP contribution in [0.4, 0.5) is 0 Å². The third-order valence-corrected chi connectivity index (χ3v) is 3.65. The Kier molecular flexibility index (Phi) is 5.09. The SMILES string of the molecule is C=Cc1ccccc1SCCSC. The molecule has 1 aromatic rings. The minimum Gasteiger partial charge on any atom is -0.165 e. The van der Waals surface area contributed by atoms with Gasteiger partial charge in [-0.25, -0.2) is 0 Å². The van der Waals surface area contributed by atoms with E-state index in [-0.39, 0.29) is 0 Å². The maximum absolute atomic E-state index is 3.80. The normalized spacial score (nSPS) is 9.92. The van der Waals surface area contributed by atoms with E-state index >= 15 is 0 Å². The van der Waals surface area contributed by atoms with Crippen molar-refractivity contribution in [2.75, 3.05) is 17.8 Å². The fourth-order valence-corrected chi connectivity index (χ4v) is 2.73. The summed E-state index contributed by atoms with van der Waals surface area (Å²) in [6, 6.07) is 8.39. The highest BCUT2D eigenvalue weighted by Crippen LogP contribution is 2.23. The van der Waals surface area contributed by atoms with Crippen LogP contribution in [0.5, 0.6) is 0 Å². The van der Waals surface area contributed by atoms with Crippen molar-refractivity contribution in [1.29, 1.82) is 0 Å². The lowest BCUT2D eigenvalue weighted by molar-refractivity contribution is 1.41. The largest absolute Gasteiger partial charge is 0.165 e. The monoisotopic (exact) mass is 210 g/mol. The Balaban J connectivity index is 2.59. The molecule has 0 aliphatic heterocycles. The van der Waals surface area contributed by atoms with Crippen molar-refractivity contribution in [2.45, 2.75) is 4.90 Å². The molecule has 1 rings (SSSR count). The second kappa shape index (κ2) is 6.17. The lowest BCUT2D eigenvalue weighted by Crippen LogP contribution is -1.84. The first kappa shape index (κ1) is 10.7. The minimum absolute atomic E-state index is 1.17. The fraction of sp³-hybridized carbons (Fsp3) is 0.273. The molecular formula is C11H14S2. The molecule has 0 spiro atoms. The molecule has 0 bridgehead atoms. The molecule has 1 aromatic carbocycles. The summed E-state index contributed by atoms with van der Waals surface area (Å²) in [6.07, 6.45) is 4.06. The van der Waals surface area contributed by atoms with Gasteiger partial charge in [-0.05, 0) is 17.9 Å². The van der Waals surface area contributed by atoms with Crippen molar-refractivity contribution in [2.24, 2.45) is 0 Å². The molecule has 0 atom stereocenters. The molecule has 0 heterocycles. The van der Waals surface area contributed by atoms with E-state index in [9.17, 15) is 0 Å². The van der Waals surface area contributed by atoms with Gasteiger partial charge in [0.25, 0.3) is 0 Å². The molecule has 70 valence electrons. The Morgan fingerprint density at radius 2 is 2.08 bits per heavy atom. The lowest BCUT2D eigenvalue weighted by Gasteiger charge is -2.03. The summed E-state index contributed by atoms with van der Waals surface area (Å²) in [4.78, 5) is 1.34. The molecule has 0 saturated heterocycles. The zero-order valence-corrected chi connectivity index (χ0v) is 9.46. The van der Waals surface area contributed by atoms with E-state index in [4.69, 9.17) is 0 Å². The number of rotatable bonds is 5. The number of hydrogen-bond donors (Lipinski definition) is 0. The molecule has 2 heteroatoms. The molecule has 0 N–H and O–H groups in total. The van der Waals surface area contributed by atoms with Crippen LogP contribution in [-0.4, -0.2) is 17.8 Å². The van der Waals surface area contributed by atoms with E-state index in [0.29, 0.717) is 0 Å². The predicted molar refractivity (Wildman–Crippen MR) is 65.6 cm³/mol. The summed E-state index contributed by atoms with van der Waals surface area (Å²) in [7, 11) is 0. The Bertz CT molecular complexity index is 269. The van der Waals surface area contributed by atoms with E-state index in [1.807, 2.05) is 29.6 Å². The predicted octanol–water partition coefficient (Wildman–Crippen LogP) is 3.78. The Morgan fingerprint density at radius 3 is 2.77 bits per heavy atom. The highest BCUT2D eigenvalue weighted by molar-refractivity contribution is 8.02. The van der Waals surface area contributed by atoms with Gasteiger partial charge in [0, 0.05) is 16.4 Å². The standard InChI is InChI=1S/C11H14S2/c1-3-10-6-4-5-7-11(10)13-9-8-12-2/h3-7H,1,8-9H2,2H3. The van der Waals surface area contributed by atoms with Crippen LogP contribution < -0.4 is 0 Å². The molecule has 0 radical (unpaired) electrons. The second-order valence-electron chi connectivity index (χ2n) is 2.58. The van der Waals surface area contributed by atoms with Gasteiger partial charge in [0.1, 0.15) is 0 Å². The summed E-state index contributed by atoms with van der Waals surface area (Å²) >= 11 is 3.79. The fourth-order valence-electron chi connectivity index (χ4n) is 1.02. The Labute approximate surface area is 88.8 Å². The molecule has 0 fully saturated rings. The van der Waals surface area contributed by atoms with E-state index in [2.05, 4.69) is 37.1 Å². The van der Waals surface area contributed by atoms with Crippen LogP contribution in [0.2, 0.25) is 0 Å². The molecular weight excluding hydrogens is 196 g/mol. The van der Waals surface area contributed by atoms with E-state index in [1.165, 1.54) is 22.0 Å². The first-order valence-corrected chi connectivity index (χ1v) is 6.59. The minimum atomic E-state index is 1.17. The van der Waals surface area contributed by atoms with Gasteiger partial charge in [-0.3, -0.25) is 0 Å². The highest BCUT2D eigenvalue weighted by atomic mass is 32.2. The van der Waals surface area contributed by atoms with Gasteiger partial charge in [0.05, 0.1) is 0 Å². The Morgan fingerprint density at radius 1 is 1.31 bits per heavy atom. The molecule has 0 nitrogen and oxygen atoms in total. The summed E-state index contributed by atoms with van der Waals surface area (Å²) in [5, 5.41) is 0. The number of thioether (sulfide) groups is 2. The number of hydrogen-bond acceptors (Lipinski definition) is 2. The molecule has 0 saturated carbocycles. The molecule has 0 aromatic heterocycles. The average Bonchev–Trinajstić information content (AvgIpc) is 2.19. The van der Waals surface area contributed by atoms with Gasteiger partial charge < -0.3 is 0 Å². The van der Waals surface area contributed by atoms with Crippen LogP contribution in [0.3, 0.4) is 0 Å². The van der Waals surface area contributed by atoms with E-state index < -0.39 is 0 Å². The van der Waals surface area contributed by atoms with Gasteiger partial charge in [-0.1, -0.05) is 30.9 Å². The molecule has 13 heavy (non-hydrogen) atoms. The van der Waals surface area contributed by atoms with Gasteiger partial charge in [-0.2, -0.15) is 11.8 Å². The third kappa shape index (κ3) is 3.49. The summed E-state index contributed by atoms with van der Waals surface area (Å²) in [5.41, 5.74) is 1.24. The molecule has 0 aliphatic carbocycles. The molecule has 0 unspecified atom stereocenters. The smallest absolute Gasteiger partial charge is 0.0144 e. The first-order chi connectivity index (χ1) is 6.38. The van der Waals surface area contributed by atoms with Crippen molar-refractivity contribution in [1.82, 2.24) is 0 Å². The molecule has 0 amide bonds. The second-order valence-corrected chi connectivity index (χ2v) is 4.71. The van der Waals surface area contributed by atoms with Gasteiger partial charge >= 0.3 is 0 Å². The summed E-state index contributed by atoms with van der Waals surface area (Å²) < 4.78 is 0. The van der Waals surface area contributed by atoms with Crippen molar-refractivity contribution < 1.29 is 0 Å². The molecule has 0 aliphatic rings.